The summed E-state index contributed by atoms with van der Waals surface area (Å²) in [5, 5.41) is 4.70. The first-order valence-corrected chi connectivity index (χ1v) is 9.85. The first kappa shape index (κ1) is 25.5. The van der Waals surface area contributed by atoms with Crippen molar-refractivity contribution in [2.45, 2.75) is 18.4 Å². The standard InChI is InChI=1S/C23H17F6N3O3/c1-35-20(33)14-4-2-5-16(12-14)31-21(34)32-18(13-7-9-15(10-8-13)22(24,25)26)19-17(23(27,28)29)6-3-11-30-19/h2-12,18H,1H3,(H2,31,32,34)/t18-/m0/s1. The molecule has 1 aromatic heterocycles. The summed E-state index contributed by atoms with van der Waals surface area (Å²) in [7, 11) is 1.16. The number of nitrogens with zero attached hydrogens (tertiary/aromatic N) is 1. The zero-order chi connectivity index (χ0) is 25.8. The monoisotopic (exact) mass is 497 g/mol. The molecule has 6 nitrogen and oxygen atoms in total. The maximum Gasteiger partial charge on any atom is 0.418 e. The molecule has 2 amide bonds. The number of amides is 2. The van der Waals surface area contributed by atoms with Crippen LogP contribution in [0.25, 0.3) is 0 Å². The molecule has 0 aliphatic rings. The molecule has 1 atom stereocenters. The van der Waals surface area contributed by atoms with Crippen LogP contribution < -0.4 is 10.6 Å². The third-order valence-electron chi connectivity index (χ3n) is 4.81. The molecule has 0 bridgehead atoms. The summed E-state index contributed by atoms with van der Waals surface area (Å²) in [4.78, 5) is 28.1. The van der Waals surface area contributed by atoms with Gasteiger partial charge >= 0.3 is 24.4 Å². The number of hydrogen-bond acceptors (Lipinski definition) is 4. The highest BCUT2D eigenvalue weighted by Crippen LogP contribution is 2.36. The smallest absolute Gasteiger partial charge is 0.418 e. The lowest BCUT2D eigenvalue weighted by Crippen LogP contribution is -2.35. The van der Waals surface area contributed by atoms with Crippen molar-refractivity contribution in [1.29, 1.82) is 0 Å². The van der Waals surface area contributed by atoms with Gasteiger partial charge in [0.05, 0.1) is 35.5 Å². The first-order valence-electron chi connectivity index (χ1n) is 9.85. The second-order valence-corrected chi connectivity index (χ2v) is 7.16. The lowest BCUT2D eigenvalue weighted by molar-refractivity contribution is -0.139. The number of alkyl halides is 6. The van der Waals surface area contributed by atoms with Gasteiger partial charge in [0, 0.05) is 11.9 Å². The molecule has 184 valence electrons. The Labute approximate surface area is 194 Å². The SMILES string of the molecule is COC(=O)c1cccc(NC(=O)N[C@@H](c2ccc(C(F)(F)F)cc2)c2ncccc2C(F)(F)F)c1. The number of esters is 1. The fourth-order valence-electron chi connectivity index (χ4n) is 3.20. The molecule has 0 aliphatic heterocycles. The fourth-order valence-corrected chi connectivity index (χ4v) is 3.20. The molecule has 2 N–H and O–H groups in total. The van der Waals surface area contributed by atoms with Crippen LogP contribution in [0.15, 0.2) is 66.9 Å². The highest BCUT2D eigenvalue weighted by Gasteiger charge is 2.37. The van der Waals surface area contributed by atoms with Gasteiger partial charge in [-0.25, -0.2) is 9.59 Å². The number of hydrogen-bond donors (Lipinski definition) is 2. The van der Waals surface area contributed by atoms with Crippen molar-refractivity contribution in [2.24, 2.45) is 0 Å². The van der Waals surface area contributed by atoms with Gasteiger partial charge in [-0.2, -0.15) is 26.3 Å². The number of methoxy groups -OCH3 is 1. The number of carbonyl (C=O) groups is 2. The number of ether oxygens (including phenoxy) is 1. The largest absolute Gasteiger partial charge is 0.465 e. The van der Waals surface area contributed by atoms with E-state index in [0.29, 0.717) is 12.1 Å². The summed E-state index contributed by atoms with van der Waals surface area (Å²) >= 11 is 0. The maximum atomic E-state index is 13.6. The van der Waals surface area contributed by atoms with Crippen LogP contribution >= 0.6 is 0 Å². The van der Waals surface area contributed by atoms with Crippen LogP contribution in [0.2, 0.25) is 0 Å². The summed E-state index contributed by atoms with van der Waals surface area (Å²) < 4.78 is 84.3. The summed E-state index contributed by atoms with van der Waals surface area (Å²) in [6.07, 6.45) is -8.44. The van der Waals surface area contributed by atoms with Crippen molar-refractivity contribution in [3.63, 3.8) is 0 Å². The van der Waals surface area contributed by atoms with Crippen molar-refractivity contribution in [3.05, 3.63) is 94.8 Å². The lowest BCUT2D eigenvalue weighted by Gasteiger charge is -2.23. The maximum absolute atomic E-state index is 13.6. The van der Waals surface area contributed by atoms with Gasteiger partial charge in [0.25, 0.3) is 0 Å². The van der Waals surface area contributed by atoms with E-state index in [4.69, 9.17) is 0 Å². The minimum Gasteiger partial charge on any atom is -0.465 e. The van der Waals surface area contributed by atoms with E-state index < -0.39 is 47.2 Å². The minimum absolute atomic E-state index is 0.0688. The third kappa shape index (κ3) is 6.28. The van der Waals surface area contributed by atoms with Gasteiger partial charge in [-0.05, 0) is 48.0 Å². The molecule has 0 unspecified atom stereocenters. The summed E-state index contributed by atoms with van der Waals surface area (Å²) in [6.45, 7) is 0. The normalized spacial score (nSPS) is 12.5. The lowest BCUT2D eigenvalue weighted by atomic mass is 9.98. The Kier molecular flexibility index (Phi) is 7.32. The van der Waals surface area contributed by atoms with Gasteiger partial charge in [-0.15, -0.1) is 0 Å². The van der Waals surface area contributed by atoms with E-state index >= 15 is 0 Å². The highest BCUT2D eigenvalue weighted by molar-refractivity contribution is 5.94. The topological polar surface area (TPSA) is 80.3 Å². The fraction of sp³-hybridized carbons (Fsp3) is 0.174. The van der Waals surface area contributed by atoms with Crippen molar-refractivity contribution >= 4 is 17.7 Å². The van der Waals surface area contributed by atoms with Gasteiger partial charge in [0.15, 0.2) is 0 Å². The van der Waals surface area contributed by atoms with Crippen molar-refractivity contribution < 1.29 is 40.7 Å². The van der Waals surface area contributed by atoms with Crippen LogP contribution in [-0.4, -0.2) is 24.1 Å². The third-order valence-corrected chi connectivity index (χ3v) is 4.81. The number of aromatic nitrogens is 1. The summed E-state index contributed by atoms with van der Waals surface area (Å²) in [5.74, 6) is -0.681. The molecule has 0 fully saturated rings. The van der Waals surface area contributed by atoms with E-state index in [2.05, 4.69) is 20.4 Å². The molecule has 12 heteroatoms. The second-order valence-electron chi connectivity index (χ2n) is 7.16. The molecular formula is C23H17F6N3O3. The zero-order valence-electron chi connectivity index (χ0n) is 17.9. The molecular weight excluding hydrogens is 480 g/mol. The average Bonchev–Trinajstić information content (AvgIpc) is 2.81. The van der Waals surface area contributed by atoms with E-state index in [0.717, 1.165) is 37.6 Å². The molecule has 2 aromatic carbocycles. The Bertz CT molecular complexity index is 1210. The molecule has 1 heterocycles. The number of benzene rings is 2. The van der Waals surface area contributed by atoms with Crippen LogP contribution in [0, 0.1) is 0 Å². The molecule has 0 aliphatic carbocycles. The van der Waals surface area contributed by atoms with Gasteiger partial charge in [0.2, 0.25) is 0 Å². The van der Waals surface area contributed by atoms with Crippen LogP contribution in [0.3, 0.4) is 0 Å². The number of halogens is 6. The molecule has 0 spiro atoms. The number of carbonyl (C=O) groups excluding carboxylic acids is 2. The number of nitrogens with one attached hydrogen (secondary N) is 2. The number of anilines is 1. The van der Waals surface area contributed by atoms with Gasteiger partial charge in [0.1, 0.15) is 0 Å². The Morgan fingerprint density at radius 2 is 1.60 bits per heavy atom. The number of pyridine rings is 1. The predicted octanol–water partition coefficient (Wildman–Crippen LogP) is 5.82. The average molecular weight is 497 g/mol. The van der Waals surface area contributed by atoms with Crippen molar-refractivity contribution in [3.8, 4) is 0 Å². The molecule has 0 radical (unpaired) electrons. The van der Waals surface area contributed by atoms with Crippen molar-refractivity contribution in [1.82, 2.24) is 10.3 Å². The van der Waals surface area contributed by atoms with E-state index in [9.17, 15) is 35.9 Å². The molecule has 3 rings (SSSR count). The first-order chi connectivity index (χ1) is 16.4. The molecule has 3 aromatic rings. The Balaban J connectivity index is 1.97. The molecule has 0 saturated carbocycles. The van der Waals surface area contributed by atoms with Gasteiger partial charge in [-0.1, -0.05) is 18.2 Å². The number of rotatable bonds is 5. The van der Waals surface area contributed by atoms with E-state index in [-0.39, 0.29) is 16.8 Å². The predicted molar refractivity (Wildman–Crippen MR) is 112 cm³/mol. The Morgan fingerprint density at radius 1 is 0.914 bits per heavy atom. The summed E-state index contributed by atoms with van der Waals surface area (Å²) in [6, 6.07) is 8.11. The Morgan fingerprint density at radius 3 is 2.20 bits per heavy atom. The highest BCUT2D eigenvalue weighted by atomic mass is 19.4. The van der Waals surface area contributed by atoms with E-state index in [1.165, 1.54) is 24.3 Å². The zero-order valence-corrected chi connectivity index (χ0v) is 17.9. The van der Waals surface area contributed by atoms with Gasteiger partial charge < -0.3 is 15.4 Å². The van der Waals surface area contributed by atoms with Crippen LogP contribution in [0.5, 0.6) is 0 Å². The van der Waals surface area contributed by atoms with E-state index in [1.807, 2.05) is 0 Å². The minimum atomic E-state index is -4.85. The number of urea groups is 1. The van der Waals surface area contributed by atoms with Gasteiger partial charge in [-0.3, -0.25) is 4.98 Å². The van der Waals surface area contributed by atoms with Crippen molar-refractivity contribution in [2.75, 3.05) is 12.4 Å². The van der Waals surface area contributed by atoms with Crippen LogP contribution in [0.1, 0.15) is 38.8 Å². The Hall–Kier alpha value is -4.09. The molecule has 0 saturated heterocycles. The van der Waals surface area contributed by atoms with Crippen LogP contribution in [0.4, 0.5) is 36.8 Å². The quantitative estimate of drug-likeness (QED) is 0.344. The molecule has 35 heavy (non-hydrogen) atoms. The van der Waals surface area contributed by atoms with Crippen LogP contribution in [-0.2, 0) is 17.1 Å². The van der Waals surface area contributed by atoms with E-state index in [1.54, 1.807) is 0 Å². The second kappa shape index (κ2) is 10.0. The summed E-state index contributed by atoms with van der Waals surface area (Å²) in [5.41, 5.74) is -2.64.